The first-order valence-corrected chi connectivity index (χ1v) is 3.30. The van der Waals surface area contributed by atoms with Crippen LogP contribution >= 0.6 is 0 Å². The highest BCUT2D eigenvalue weighted by atomic mass is 16.3. The van der Waals surface area contributed by atoms with E-state index in [9.17, 15) is 5.11 Å². The topological polar surface area (TPSA) is 91.6 Å². The van der Waals surface area contributed by atoms with Gasteiger partial charge in [-0.15, -0.1) is 0 Å². The minimum absolute atomic E-state index is 0.0596. The molecule has 0 aliphatic heterocycles. The van der Waals surface area contributed by atoms with Gasteiger partial charge in [0.1, 0.15) is 12.1 Å². The molecule has 1 aromatic carbocycles. The smallest absolute Gasteiger partial charge is 0.151 e. The number of phenols is 1. The van der Waals surface area contributed by atoms with Gasteiger partial charge < -0.3 is 5.11 Å². The minimum atomic E-state index is -0.371. The molecule has 13 heavy (non-hydrogen) atoms. The second-order valence-corrected chi connectivity index (χ2v) is 2.26. The Balaban J connectivity index is 3.53. The van der Waals surface area contributed by atoms with Crippen LogP contribution in [-0.4, -0.2) is 5.11 Å². The molecule has 1 N–H and O–H groups in total. The Morgan fingerprint density at radius 2 is 1.38 bits per heavy atom. The zero-order chi connectivity index (χ0) is 9.84. The molecule has 0 saturated heterocycles. The van der Waals surface area contributed by atoms with Crippen molar-refractivity contribution in [3.05, 3.63) is 28.8 Å². The number of nitrogens with zero attached hydrogens (tertiary/aromatic N) is 3. The summed E-state index contributed by atoms with van der Waals surface area (Å²) in [5.74, 6) is -0.371. The van der Waals surface area contributed by atoms with Crippen molar-refractivity contribution in [1.82, 2.24) is 0 Å². The molecule has 0 radical (unpaired) electrons. The van der Waals surface area contributed by atoms with Crippen LogP contribution in [0.4, 0.5) is 0 Å². The Bertz CT molecular complexity index is 436. The molecule has 0 amide bonds. The zero-order valence-corrected chi connectivity index (χ0v) is 6.44. The second kappa shape index (κ2) is 3.26. The van der Waals surface area contributed by atoms with Crippen LogP contribution in [0.1, 0.15) is 16.7 Å². The molecular formula is C9H3N3O. The van der Waals surface area contributed by atoms with Crippen molar-refractivity contribution in [3.63, 3.8) is 0 Å². The maximum absolute atomic E-state index is 9.25. The molecule has 0 atom stereocenters. The normalized spacial score (nSPS) is 8.08. The minimum Gasteiger partial charge on any atom is -0.505 e. The summed E-state index contributed by atoms with van der Waals surface area (Å²) in [5.41, 5.74) is 0.0668. The van der Waals surface area contributed by atoms with Crippen LogP contribution in [0.3, 0.4) is 0 Å². The van der Waals surface area contributed by atoms with Crippen LogP contribution in [0.25, 0.3) is 0 Å². The molecule has 4 nitrogen and oxygen atoms in total. The van der Waals surface area contributed by atoms with Gasteiger partial charge in [0.2, 0.25) is 0 Å². The van der Waals surface area contributed by atoms with Crippen LogP contribution in [0.2, 0.25) is 0 Å². The monoisotopic (exact) mass is 169 g/mol. The highest BCUT2D eigenvalue weighted by molar-refractivity contribution is 5.56. The van der Waals surface area contributed by atoms with E-state index in [1.54, 1.807) is 18.2 Å². The summed E-state index contributed by atoms with van der Waals surface area (Å²) in [6.07, 6.45) is 0. The zero-order valence-electron chi connectivity index (χ0n) is 6.44. The van der Waals surface area contributed by atoms with Crippen LogP contribution in [-0.2, 0) is 0 Å². The second-order valence-electron chi connectivity index (χ2n) is 2.26. The molecular weight excluding hydrogens is 166 g/mol. The third-order valence-electron chi connectivity index (χ3n) is 1.48. The molecule has 0 aromatic heterocycles. The number of nitriles is 3. The lowest BCUT2D eigenvalue weighted by Gasteiger charge is -1.98. The van der Waals surface area contributed by atoms with Gasteiger partial charge in [0.25, 0.3) is 0 Å². The lowest BCUT2D eigenvalue weighted by molar-refractivity contribution is 0.471. The fourth-order valence-electron chi connectivity index (χ4n) is 0.869. The summed E-state index contributed by atoms with van der Waals surface area (Å²) in [5, 5.41) is 34.8. The Morgan fingerprint density at radius 1 is 0.923 bits per heavy atom. The summed E-state index contributed by atoms with van der Waals surface area (Å²) in [6.45, 7) is 0. The van der Waals surface area contributed by atoms with Gasteiger partial charge in [0.15, 0.2) is 5.75 Å². The van der Waals surface area contributed by atoms with E-state index in [1.165, 1.54) is 12.1 Å². The summed E-state index contributed by atoms with van der Waals surface area (Å²) in [7, 11) is 0. The maximum Gasteiger partial charge on any atom is 0.151 e. The van der Waals surface area contributed by atoms with Crippen molar-refractivity contribution in [2.24, 2.45) is 0 Å². The number of benzene rings is 1. The molecule has 1 rings (SSSR count). The molecule has 0 fully saturated rings. The van der Waals surface area contributed by atoms with E-state index in [-0.39, 0.29) is 22.4 Å². The van der Waals surface area contributed by atoms with E-state index in [4.69, 9.17) is 15.8 Å². The van der Waals surface area contributed by atoms with Crippen molar-refractivity contribution in [2.45, 2.75) is 0 Å². The first-order valence-electron chi connectivity index (χ1n) is 3.30. The largest absolute Gasteiger partial charge is 0.505 e. The average molecular weight is 169 g/mol. The Hall–Kier alpha value is -2.51. The van der Waals surface area contributed by atoms with E-state index in [1.807, 2.05) is 0 Å². The van der Waals surface area contributed by atoms with E-state index in [0.717, 1.165) is 0 Å². The van der Waals surface area contributed by atoms with Gasteiger partial charge in [0, 0.05) is 0 Å². The van der Waals surface area contributed by atoms with Gasteiger partial charge in [-0.1, -0.05) is 0 Å². The van der Waals surface area contributed by atoms with Crippen LogP contribution in [0.15, 0.2) is 12.1 Å². The van der Waals surface area contributed by atoms with E-state index >= 15 is 0 Å². The first kappa shape index (κ1) is 8.59. The molecule has 4 heteroatoms. The molecule has 60 valence electrons. The van der Waals surface area contributed by atoms with Crippen molar-refractivity contribution in [3.8, 4) is 24.0 Å². The van der Waals surface area contributed by atoms with E-state index in [2.05, 4.69) is 0 Å². The molecule has 0 bridgehead atoms. The van der Waals surface area contributed by atoms with E-state index < -0.39 is 0 Å². The fraction of sp³-hybridized carbons (Fsp3) is 0. The molecule has 0 aliphatic rings. The Labute approximate surface area is 74.5 Å². The molecule has 1 aromatic rings. The van der Waals surface area contributed by atoms with Crippen LogP contribution in [0, 0.1) is 34.0 Å². The fourth-order valence-corrected chi connectivity index (χ4v) is 0.869. The van der Waals surface area contributed by atoms with Gasteiger partial charge in [-0.25, -0.2) is 0 Å². The summed E-state index contributed by atoms with van der Waals surface area (Å²) >= 11 is 0. The van der Waals surface area contributed by atoms with Gasteiger partial charge in [-0.3, -0.25) is 0 Å². The lowest BCUT2D eigenvalue weighted by Crippen LogP contribution is -1.85. The summed E-state index contributed by atoms with van der Waals surface area (Å²) < 4.78 is 0. The van der Waals surface area contributed by atoms with Crippen molar-refractivity contribution in [1.29, 1.82) is 15.8 Å². The summed E-state index contributed by atoms with van der Waals surface area (Å²) in [4.78, 5) is 0. The lowest BCUT2D eigenvalue weighted by atomic mass is 10.1. The molecule has 0 heterocycles. The van der Waals surface area contributed by atoms with Gasteiger partial charge >= 0.3 is 0 Å². The maximum atomic E-state index is 9.25. The van der Waals surface area contributed by atoms with Crippen LogP contribution in [0.5, 0.6) is 5.75 Å². The predicted molar refractivity (Wildman–Crippen MR) is 42.3 cm³/mol. The average Bonchev–Trinajstić information content (AvgIpc) is 2.18. The van der Waals surface area contributed by atoms with Crippen molar-refractivity contribution in [2.75, 3.05) is 0 Å². The predicted octanol–water partition coefficient (Wildman–Crippen LogP) is 1.01. The van der Waals surface area contributed by atoms with Crippen molar-refractivity contribution >= 4 is 0 Å². The number of hydrogen-bond acceptors (Lipinski definition) is 4. The number of aromatic hydroxyl groups is 1. The highest BCUT2D eigenvalue weighted by Crippen LogP contribution is 2.22. The Kier molecular flexibility index (Phi) is 2.15. The van der Waals surface area contributed by atoms with Gasteiger partial charge in [-0.2, -0.15) is 15.8 Å². The third-order valence-corrected chi connectivity index (χ3v) is 1.48. The molecule has 0 saturated carbocycles. The molecule has 0 aliphatic carbocycles. The number of phenolic OH excluding ortho intramolecular Hbond substituents is 1. The quantitative estimate of drug-likeness (QED) is 0.627. The third kappa shape index (κ3) is 1.40. The molecule has 0 unspecified atom stereocenters. The highest BCUT2D eigenvalue weighted by Gasteiger charge is 2.08. The van der Waals surface area contributed by atoms with Gasteiger partial charge in [-0.05, 0) is 12.1 Å². The SMILES string of the molecule is N#Cc1cc(C#N)c(O)c(C#N)c1. The van der Waals surface area contributed by atoms with Gasteiger partial charge in [0.05, 0.1) is 22.8 Å². The first-order chi connectivity index (χ1) is 6.22. The van der Waals surface area contributed by atoms with Crippen LogP contribution < -0.4 is 0 Å². The van der Waals surface area contributed by atoms with Crippen molar-refractivity contribution < 1.29 is 5.11 Å². The standard InChI is InChI=1S/C9H3N3O/c10-3-6-1-7(4-11)9(13)8(2-6)5-12/h1-2,13H. The van der Waals surface area contributed by atoms with E-state index in [0.29, 0.717) is 0 Å². The summed E-state index contributed by atoms with van der Waals surface area (Å²) in [6, 6.07) is 7.64. The number of hydrogen-bond donors (Lipinski definition) is 1. The number of rotatable bonds is 0. The Morgan fingerprint density at radius 3 is 1.69 bits per heavy atom. The molecule has 0 spiro atoms.